The zero-order valence-electron chi connectivity index (χ0n) is 10.3. The maximum atomic E-state index is 12.6. The Morgan fingerprint density at radius 2 is 2.28 bits per heavy atom. The SMILES string of the molecule is Cc1nc2sc3c(c2c(=O)n1CCCBr)CCC3. The Bertz CT molecular complexity index is 659. The average Bonchev–Trinajstić information content (AvgIpc) is 2.88. The summed E-state index contributed by atoms with van der Waals surface area (Å²) in [4.78, 5) is 19.5. The largest absolute Gasteiger partial charge is 0.296 e. The molecule has 0 radical (unpaired) electrons. The first-order chi connectivity index (χ1) is 8.72. The quantitative estimate of drug-likeness (QED) is 0.812. The van der Waals surface area contributed by atoms with Crippen molar-refractivity contribution < 1.29 is 0 Å². The van der Waals surface area contributed by atoms with E-state index in [0.29, 0.717) is 0 Å². The molecular formula is C13H15BrN2OS. The first-order valence-corrected chi connectivity index (χ1v) is 8.24. The van der Waals surface area contributed by atoms with Crippen LogP contribution in [0.1, 0.15) is 29.1 Å². The topological polar surface area (TPSA) is 34.9 Å². The van der Waals surface area contributed by atoms with Gasteiger partial charge in [0.15, 0.2) is 0 Å². The molecule has 96 valence electrons. The van der Waals surface area contributed by atoms with Crippen LogP contribution in [0, 0.1) is 6.92 Å². The number of fused-ring (bicyclic) bond motifs is 3. The number of hydrogen-bond donors (Lipinski definition) is 0. The van der Waals surface area contributed by atoms with E-state index >= 15 is 0 Å². The molecule has 3 nitrogen and oxygen atoms in total. The number of nitrogens with zero attached hydrogens (tertiary/aromatic N) is 2. The van der Waals surface area contributed by atoms with Crippen LogP contribution in [0.5, 0.6) is 0 Å². The van der Waals surface area contributed by atoms with Crippen molar-refractivity contribution in [1.82, 2.24) is 9.55 Å². The Kier molecular flexibility index (Phi) is 3.28. The average molecular weight is 327 g/mol. The summed E-state index contributed by atoms with van der Waals surface area (Å²) in [7, 11) is 0. The highest BCUT2D eigenvalue weighted by molar-refractivity contribution is 9.09. The third-order valence-corrected chi connectivity index (χ3v) is 5.28. The molecule has 0 spiro atoms. The lowest BCUT2D eigenvalue weighted by molar-refractivity contribution is 0.631. The van der Waals surface area contributed by atoms with Gasteiger partial charge in [-0.1, -0.05) is 15.9 Å². The van der Waals surface area contributed by atoms with Crippen LogP contribution in [0.15, 0.2) is 4.79 Å². The van der Waals surface area contributed by atoms with Crippen molar-refractivity contribution in [3.05, 3.63) is 26.6 Å². The highest BCUT2D eigenvalue weighted by Gasteiger charge is 2.22. The Balaban J connectivity index is 2.22. The fourth-order valence-electron chi connectivity index (χ4n) is 2.66. The molecule has 0 amide bonds. The van der Waals surface area contributed by atoms with Gasteiger partial charge < -0.3 is 0 Å². The molecule has 0 unspecified atom stereocenters. The summed E-state index contributed by atoms with van der Waals surface area (Å²) in [6.07, 6.45) is 4.32. The first-order valence-electron chi connectivity index (χ1n) is 6.30. The van der Waals surface area contributed by atoms with Crippen LogP contribution < -0.4 is 5.56 Å². The van der Waals surface area contributed by atoms with Crippen molar-refractivity contribution in [1.29, 1.82) is 0 Å². The lowest BCUT2D eigenvalue weighted by atomic mass is 10.2. The van der Waals surface area contributed by atoms with E-state index in [4.69, 9.17) is 0 Å². The first kappa shape index (κ1) is 12.4. The Labute approximate surface area is 118 Å². The highest BCUT2D eigenvalue weighted by Crippen LogP contribution is 2.34. The second kappa shape index (κ2) is 4.78. The Morgan fingerprint density at radius 1 is 1.44 bits per heavy atom. The standard InChI is InChI=1S/C13H15BrN2OS/c1-8-15-12-11(9-4-2-5-10(9)18-12)13(17)16(8)7-3-6-14/h2-7H2,1H3. The predicted molar refractivity (Wildman–Crippen MR) is 79.1 cm³/mol. The number of halogens is 1. The number of thiophene rings is 1. The van der Waals surface area contributed by atoms with Gasteiger partial charge in [0.05, 0.1) is 5.39 Å². The normalized spacial score (nSPS) is 14.3. The third kappa shape index (κ3) is 1.84. The molecule has 2 aromatic heterocycles. The molecule has 0 bridgehead atoms. The second-order valence-corrected chi connectivity index (χ2v) is 6.57. The number of aromatic nitrogens is 2. The van der Waals surface area contributed by atoms with Crippen LogP contribution in [-0.2, 0) is 19.4 Å². The minimum Gasteiger partial charge on any atom is -0.296 e. The monoisotopic (exact) mass is 326 g/mol. The van der Waals surface area contributed by atoms with Gasteiger partial charge in [0, 0.05) is 16.8 Å². The molecule has 1 aliphatic rings. The second-order valence-electron chi connectivity index (χ2n) is 4.70. The molecule has 3 rings (SSSR count). The van der Waals surface area contributed by atoms with Crippen LogP contribution in [0.2, 0.25) is 0 Å². The van der Waals surface area contributed by atoms with E-state index in [0.717, 1.165) is 47.2 Å². The molecule has 0 fully saturated rings. The molecule has 0 saturated carbocycles. The molecule has 1 aliphatic carbocycles. The summed E-state index contributed by atoms with van der Waals surface area (Å²) < 4.78 is 1.83. The highest BCUT2D eigenvalue weighted by atomic mass is 79.9. The van der Waals surface area contributed by atoms with Crippen LogP contribution in [0.4, 0.5) is 0 Å². The van der Waals surface area contributed by atoms with Crippen LogP contribution in [0.3, 0.4) is 0 Å². The number of rotatable bonds is 3. The maximum Gasteiger partial charge on any atom is 0.262 e. The van der Waals surface area contributed by atoms with Crippen molar-refractivity contribution in [2.75, 3.05) is 5.33 Å². The summed E-state index contributed by atoms with van der Waals surface area (Å²) in [5, 5.41) is 1.81. The zero-order valence-corrected chi connectivity index (χ0v) is 12.7. The van der Waals surface area contributed by atoms with Gasteiger partial charge in [-0.05, 0) is 38.2 Å². The van der Waals surface area contributed by atoms with Crippen molar-refractivity contribution in [3.63, 3.8) is 0 Å². The predicted octanol–water partition coefficient (Wildman–Crippen LogP) is 3.04. The number of hydrogen-bond acceptors (Lipinski definition) is 3. The molecule has 2 aromatic rings. The van der Waals surface area contributed by atoms with Crippen LogP contribution in [0.25, 0.3) is 10.2 Å². The van der Waals surface area contributed by atoms with Gasteiger partial charge in [-0.2, -0.15) is 0 Å². The van der Waals surface area contributed by atoms with E-state index in [-0.39, 0.29) is 5.56 Å². The Morgan fingerprint density at radius 3 is 3.06 bits per heavy atom. The summed E-state index contributed by atoms with van der Waals surface area (Å²) in [6.45, 7) is 2.68. The van der Waals surface area contributed by atoms with Crippen molar-refractivity contribution in [2.24, 2.45) is 0 Å². The summed E-state index contributed by atoms with van der Waals surface area (Å²) >= 11 is 5.13. The lowest BCUT2D eigenvalue weighted by Gasteiger charge is -2.08. The van der Waals surface area contributed by atoms with Crippen LogP contribution >= 0.6 is 27.3 Å². The van der Waals surface area contributed by atoms with Gasteiger partial charge in [-0.15, -0.1) is 11.3 Å². The molecule has 5 heteroatoms. The third-order valence-electron chi connectivity index (χ3n) is 3.53. The minimum absolute atomic E-state index is 0.165. The van der Waals surface area contributed by atoms with Crippen molar-refractivity contribution >= 4 is 37.5 Å². The molecule has 0 aromatic carbocycles. The van der Waals surface area contributed by atoms with E-state index in [1.54, 1.807) is 11.3 Å². The van der Waals surface area contributed by atoms with Gasteiger partial charge in [0.2, 0.25) is 0 Å². The zero-order chi connectivity index (χ0) is 12.7. The van der Waals surface area contributed by atoms with Crippen LogP contribution in [-0.4, -0.2) is 14.9 Å². The Hall–Kier alpha value is -0.680. The fourth-order valence-corrected chi connectivity index (χ4v) is 4.21. The van der Waals surface area contributed by atoms with Gasteiger partial charge in [0.25, 0.3) is 5.56 Å². The van der Waals surface area contributed by atoms with Gasteiger partial charge in [0.1, 0.15) is 10.7 Å². The molecule has 18 heavy (non-hydrogen) atoms. The maximum absolute atomic E-state index is 12.6. The molecule has 0 atom stereocenters. The van der Waals surface area contributed by atoms with E-state index in [9.17, 15) is 4.79 Å². The molecule has 0 saturated heterocycles. The minimum atomic E-state index is 0.165. The molecule has 0 aliphatic heterocycles. The summed E-state index contributed by atoms with van der Waals surface area (Å²) in [5.74, 6) is 0.841. The van der Waals surface area contributed by atoms with E-state index in [1.807, 2.05) is 11.5 Å². The lowest BCUT2D eigenvalue weighted by Crippen LogP contribution is -2.24. The molecule has 2 heterocycles. The van der Waals surface area contributed by atoms with E-state index < -0.39 is 0 Å². The van der Waals surface area contributed by atoms with Gasteiger partial charge in [-0.25, -0.2) is 4.98 Å². The number of aryl methyl sites for hydroxylation is 3. The van der Waals surface area contributed by atoms with Crippen molar-refractivity contribution in [3.8, 4) is 0 Å². The fraction of sp³-hybridized carbons (Fsp3) is 0.538. The van der Waals surface area contributed by atoms with Gasteiger partial charge >= 0.3 is 0 Å². The smallest absolute Gasteiger partial charge is 0.262 e. The van der Waals surface area contributed by atoms with Crippen molar-refractivity contribution in [2.45, 2.75) is 39.2 Å². The number of alkyl halides is 1. The molecule has 0 N–H and O–H groups in total. The van der Waals surface area contributed by atoms with Gasteiger partial charge in [-0.3, -0.25) is 9.36 Å². The van der Waals surface area contributed by atoms with E-state index in [1.165, 1.54) is 16.9 Å². The summed E-state index contributed by atoms with van der Waals surface area (Å²) in [5.41, 5.74) is 1.44. The molecular weight excluding hydrogens is 312 g/mol. The van der Waals surface area contributed by atoms with E-state index in [2.05, 4.69) is 20.9 Å². The summed E-state index contributed by atoms with van der Waals surface area (Å²) in [6, 6.07) is 0.